The Morgan fingerprint density at radius 3 is 2.89 bits per heavy atom. The molecule has 0 unspecified atom stereocenters. The molecule has 0 radical (unpaired) electrons. The predicted molar refractivity (Wildman–Crippen MR) is 78.0 cm³/mol. The number of hydrogen-bond donors (Lipinski definition) is 1. The number of aryl methyl sites for hydroxylation is 3. The van der Waals surface area contributed by atoms with Gasteiger partial charge in [-0.05, 0) is 44.2 Å². The summed E-state index contributed by atoms with van der Waals surface area (Å²) in [6.07, 6.45) is 3.59. The summed E-state index contributed by atoms with van der Waals surface area (Å²) in [4.78, 5) is 14.2. The van der Waals surface area contributed by atoms with Gasteiger partial charge in [-0.3, -0.25) is 4.79 Å². The average Bonchev–Trinajstić information content (AvgIpc) is 2.85. The van der Waals surface area contributed by atoms with Crippen LogP contribution in [-0.2, 0) is 11.2 Å². The molecule has 1 saturated heterocycles. The molecule has 0 bridgehead atoms. The fourth-order valence-electron chi connectivity index (χ4n) is 2.92. The third-order valence-corrected chi connectivity index (χ3v) is 4.08. The van der Waals surface area contributed by atoms with Crippen molar-refractivity contribution in [1.29, 1.82) is 0 Å². The Balaban J connectivity index is 1.93. The second kappa shape index (κ2) is 6.20. The van der Waals surface area contributed by atoms with Gasteiger partial charge in [0.05, 0.1) is 0 Å². The third-order valence-electron chi connectivity index (χ3n) is 4.08. The van der Waals surface area contributed by atoms with Crippen LogP contribution in [0.4, 0.5) is 0 Å². The molecule has 104 valence electrons. The van der Waals surface area contributed by atoms with Gasteiger partial charge < -0.3 is 10.6 Å². The highest BCUT2D eigenvalue weighted by Gasteiger charge is 2.26. The maximum absolute atomic E-state index is 12.2. The van der Waals surface area contributed by atoms with E-state index in [1.165, 1.54) is 16.7 Å². The van der Waals surface area contributed by atoms with Crippen LogP contribution in [-0.4, -0.2) is 29.9 Å². The molecule has 1 aliphatic heterocycles. The number of hydrogen-bond acceptors (Lipinski definition) is 2. The molecule has 0 aromatic heterocycles. The smallest absolute Gasteiger partial charge is 0.223 e. The van der Waals surface area contributed by atoms with Gasteiger partial charge in [0.2, 0.25) is 5.91 Å². The molecule has 1 aromatic rings. The van der Waals surface area contributed by atoms with Crippen molar-refractivity contribution in [3.8, 4) is 0 Å². The Hall–Kier alpha value is -1.35. The third kappa shape index (κ3) is 3.35. The van der Waals surface area contributed by atoms with E-state index in [4.69, 9.17) is 5.73 Å². The van der Waals surface area contributed by atoms with Gasteiger partial charge in [0.15, 0.2) is 0 Å². The highest BCUT2D eigenvalue weighted by atomic mass is 16.2. The second-order valence-corrected chi connectivity index (χ2v) is 5.55. The first-order valence-electron chi connectivity index (χ1n) is 7.17. The summed E-state index contributed by atoms with van der Waals surface area (Å²) in [6, 6.07) is 6.71. The van der Waals surface area contributed by atoms with Crippen molar-refractivity contribution in [2.24, 2.45) is 5.73 Å². The summed E-state index contributed by atoms with van der Waals surface area (Å²) in [6.45, 7) is 5.69. The van der Waals surface area contributed by atoms with E-state index in [1.807, 2.05) is 4.90 Å². The Morgan fingerprint density at radius 1 is 1.42 bits per heavy atom. The number of likely N-dealkylation sites (tertiary alicyclic amines) is 1. The van der Waals surface area contributed by atoms with Gasteiger partial charge in [0, 0.05) is 25.6 Å². The lowest BCUT2D eigenvalue weighted by molar-refractivity contribution is -0.131. The number of benzene rings is 1. The van der Waals surface area contributed by atoms with Crippen LogP contribution in [0.1, 0.15) is 36.0 Å². The maximum atomic E-state index is 12.2. The molecule has 1 aliphatic rings. The van der Waals surface area contributed by atoms with Crippen molar-refractivity contribution in [1.82, 2.24) is 4.90 Å². The first-order chi connectivity index (χ1) is 9.11. The summed E-state index contributed by atoms with van der Waals surface area (Å²) in [5.41, 5.74) is 9.55. The number of carbonyl (C=O) groups excluding carboxylic acids is 1. The van der Waals surface area contributed by atoms with Crippen molar-refractivity contribution in [3.63, 3.8) is 0 Å². The zero-order valence-corrected chi connectivity index (χ0v) is 12.0. The normalized spacial score (nSPS) is 18.9. The number of amides is 1. The molecular formula is C16H24N2O. The SMILES string of the molecule is Cc1ccc(CCC(=O)N2CCC[C@@H]2CN)c(C)c1. The lowest BCUT2D eigenvalue weighted by Crippen LogP contribution is -2.40. The molecule has 3 nitrogen and oxygen atoms in total. The Kier molecular flexibility index (Phi) is 4.59. The van der Waals surface area contributed by atoms with Crippen LogP contribution in [0.15, 0.2) is 18.2 Å². The summed E-state index contributed by atoms with van der Waals surface area (Å²) in [5.74, 6) is 0.257. The quantitative estimate of drug-likeness (QED) is 0.902. The van der Waals surface area contributed by atoms with Crippen LogP contribution in [0.5, 0.6) is 0 Å². The molecule has 0 spiro atoms. The van der Waals surface area contributed by atoms with Gasteiger partial charge >= 0.3 is 0 Å². The molecule has 3 heteroatoms. The molecule has 19 heavy (non-hydrogen) atoms. The largest absolute Gasteiger partial charge is 0.338 e. The summed E-state index contributed by atoms with van der Waals surface area (Å²) in [7, 11) is 0. The van der Waals surface area contributed by atoms with Crippen LogP contribution >= 0.6 is 0 Å². The van der Waals surface area contributed by atoms with Crippen molar-refractivity contribution in [3.05, 3.63) is 34.9 Å². The van der Waals surface area contributed by atoms with E-state index in [9.17, 15) is 4.79 Å². The molecule has 1 heterocycles. The second-order valence-electron chi connectivity index (χ2n) is 5.55. The molecule has 1 atom stereocenters. The molecule has 0 aliphatic carbocycles. The van der Waals surface area contributed by atoms with Crippen LogP contribution in [0.25, 0.3) is 0 Å². The zero-order valence-electron chi connectivity index (χ0n) is 12.0. The summed E-state index contributed by atoms with van der Waals surface area (Å²) < 4.78 is 0. The molecule has 2 N–H and O–H groups in total. The van der Waals surface area contributed by atoms with Crippen molar-refractivity contribution in [2.45, 2.75) is 45.6 Å². The fourth-order valence-corrected chi connectivity index (χ4v) is 2.92. The van der Waals surface area contributed by atoms with E-state index in [2.05, 4.69) is 32.0 Å². The summed E-state index contributed by atoms with van der Waals surface area (Å²) >= 11 is 0. The lowest BCUT2D eigenvalue weighted by Gasteiger charge is -2.23. The molecule has 1 aromatic carbocycles. The van der Waals surface area contributed by atoms with Gasteiger partial charge in [-0.25, -0.2) is 0 Å². The van der Waals surface area contributed by atoms with Gasteiger partial charge in [0.25, 0.3) is 0 Å². The minimum atomic E-state index is 0.257. The van der Waals surface area contributed by atoms with E-state index in [0.717, 1.165) is 25.8 Å². The number of nitrogens with zero attached hydrogens (tertiary/aromatic N) is 1. The molecular weight excluding hydrogens is 236 g/mol. The maximum Gasteiger partial charge on any atom is 0.223 e. The van der Waals surface area contributed by atoms with E-state index in [-0.39, 0.29) is 11.9 Å². The number of carbonyl (C=O) groups is 1. The molecule has 0 saturated carbocycles. The molecule has 1 fully saturated rings. The van der Waals surface area contributed by atoms with Crippen LogP contribution in [0.2, 0.25) is 0 Å². The fraction of sp³-hybridized carbons (Fsp3) is 0.562. The Morgan fingerprint density at radius 2 is 2.21 bits per heavy atom. The minimum absolute atomic E-state index is 0.257. The average molecular weight is 260 g/mol. The van der Waals surface area contributed by atoms with Crippen LogP contribution in [0, 0.1) is 13.8 Å². The van der Waals surface area contributed by atoms with E-state index in [0.29, 0.717) is 13.0 Å². The van der Waals surface area contributed by atoms with E-state index < -0.39 is 0 Å². The first-order valence-corrected chi connectivity index (χ1v) is 7.17. The van der Waals surface area contributed by atoms with Gasteiger partial charge in [-0.1, -0.05) is 23.8 Å². The van der Waals surface area contributed by atoms with Gasteiger partial charge in [-0.15, -0.1) is 0 Å². The van der Waals surface area contributed by atoms with E-state index >= 15 is 0 Å². The van der Waals surface area contributed by atoms with Crippen molar-refractivity contribution in [2.75, 3.05) is 13.1 Å². The topological polar surface area (TPSA) is 46.3 Å². The lowest BCUT2D eigenvalue weighted by atomic mass is 10.0. The van der Waals surface area contributed by atoms with Gasteiger partial charge in [0.1, 0.15) is 0 Å². The molecule has 2 rings (SSSR count). The number of nitrogens with two attached hydrogens (primary N) is 1. The van der Waals surface area contributed by atoms with E-state index in [1.54, 1.807) is 0 Å². The Labute approximate surface area is 115 Å². The first kappa shape index (κ1) is 14.1. The highest BCUT2D eigenvalue weighted by molar-refractivity contribution is 5.77. The molecule has 1 amide bonds. The summed E-state index contributed by atoms with van der Waals surface area (Å²) in [5, 5.41) is 0. The number of rotatable bonds is 4. The standard InChI is InChI=1S/C16H24N2O/c1-12-5-6-14(13(2)10-12)7-8-16(19)18-9-3-4-15(18)11-17/h5-6,10,15H,3-4,7-9,11,17H2,1-2H3/t15-/m1/s1. The monoisotopic (exact) mass is 260 g/mol. The Bertz CT molecular complexity index is 456. The predicted octanol–water partition coefficient (Wildman–Crippen LogP) is 2.19. The van der Waals surface area contributed by atoms with Gasteiger partial charge in [-0.2, -0.15) is 0 Å². The van der Waals surface area contributed by atoms with Crippen LogP contribution in [0.3, 0.4) is 0 Å². The van der Waals surface area contributed by atoms with Crippen LogP contribution < -0.4 is 5.73 Å². The van der Waals surface area contributed by atoms with Crippen molar-refractivity contribution < 1.29 is 4.79 Å². The zero-order chi connectivity index (χ0) is 13.8. The minimum Gasteiger partial charge on any atom is -0.338 e. The van der Waals surface area contributed by atoms with Crippen molar-refractivity contribution >= 4 is 5.91 Å². The highest BCUT2D eigenvalue weighted by Crippen LogP contribution is 2.19.